The molecule has 0 saturated heterocycles. The Kier molecular flexibility index (Phi) is 4.75. The van der Waals surface area contributed by atoms with Gasteiger partial charge in [0.1, 0.15) is 0 Å². The van der Waals surface area contributed by atoms with E-state index in [1.54, 1.807) is 24.5 Å². The van der Waals surface area contributed by atoms with Gasteiger partial charge in [0.15, 0.2) is 0 Å². The lowest BCUT2D eigenvalue weighted by atomic mass is 10.1. The van der Waals surface area contributed by atoms with E-state index in [0.717, 1.165) is 5.56 Å². The van der Waals surface area contributed by atoms with Gasteiger partial charge in [0, 0.05) is 37.6 Å². The second-order valence-electron chi connectivity index (χ2n) is 4.35. The molecule has 0 bridgehead atoms. The molecule has 2 rings (SSSR count). The third kappa shape index (κ3) is 3.84. The van der Waals surface area contributed by atoms with E-state index in [0.29, 0.717) is 18.7 Å². The van der Waals surface area contributed by atoms with Crippen LogP contribution in [0.3, 0.4) is 0 Å². The van der Waals surface area contributed by atoms with Gasteiger partial charge in [-0.05, 0) is 35.4 Å². The molecule has 2 N–H and O–H groups in total. The van der Waals surface area contributed by atoms with Crippen LogP contribution in [0, 0.1) is 10.1 Å². The van der Waals surface area contributed by atoms with E-state index in [2.05, 4.69) is 10.3 Å². The van der Waals surface area contributed by atoms with E-state index in [1.807, 2.05) is 12.1 Å². The minimum absolute atomic E-state index is 0.0192. The van der Waals surface area contributed by atoms with Crippen molar-refractivity contribution in [3.8, 4) is 0 Å². The highest BCUT2D eigenvalue weighted by Gasteiger charge is 2.10. The fourth-order valence-electron chi connectivity index (χ4n) is 1.79. The lowest BCUT2D eigenvalue weighted by Gasteiger charge is -2.12. The Morgan fingerprint density at radius 1 is 1.20 bits per heavy atom. The molecule has 2 aromatic rings. The first kappa shape index (κ1) is 14.1. The third-order valence-corrected chi connectivity index (χ3v) is 2.90. The van der Waals surface area contributed by atoms with E-state index in [9.17, 15) is 15.2 Å². The Hall–Kier alpha value is -2.31. The standard InChI is InChI=1S/C14H15N3O3/c18-14(10-16-9-11-5-7-15-8-6-11)12-1-3-13(4-2-12)17(19)20/h1-8,14,16,18H,9-10H2. The summed E-state index contributed by atoms with van der Waals surface area (Å²) in [5, 5.41) is 23.6. The van der Waals surface area contributed by atoms with Gasteiger partial charge in [-0.15, -0.1) is 0 Å². The number of aliphatic hydroxyl groups excluding tert-OH is 1. The summed E-state index contributed by atoms with van der Waals surface area (Å²) in [4.78, 5) is 14.0. The van der Waals surface area contributed by atoms with Crippen LogP contribution in [0.4, 0.5) is 5.69 Å². The molecule has 1 aromatic heterocycles. The van der Waals surface area contributed by atoms with Gasteiger partial charge < -0.3 is 10.4 Å². The number of pyridine rings is 1. The van der Waals surface area contributed by atoms with Crippen LogP contribution >= 0.6 is 0 Å². The summed E-state index contributed by atoms with van der Waals surface area (Å²) in [6.45, 7) is 1.01. The average molecular weight is 273 g/mol. The molecule has 6 heteroatoms. The highest BCUT2D eigenvalue weighted by atomic mass is 16.6. The van der Waals surface area contributed by atoms with Crippen LogP contribution in [0.2, 0.25) is 0 Å². The fourth-order valence-corrected chi connectivity index (χ4v) is 1.79. The molecule has 0 amide bonds. The van der Waals surface area contributed by atoms with E-state index >= 15 is 0 Å². The van der Waals surface area contributed by atoms with E-state index in [-0.39, 0.29) is 5.69 Å². The molecule has 0 saturated carbocycles. The number of aliphatic hydroxyl groups is 1. The van der Waals surface area contributed by atoms with Crippen molar-refractivity contribution in [2.45, 2.75) is 12.6 Å². The van der Waals surface area contributed by atoms with Gasteiger partial charge in [0.05, 0.1) is 11.0 Å². The Balaban J connectivity index is 1.85. The number of aromatic nitrogens is 1. The van der Waals surface area contributed by atoms with Gasteiger partial charge >= 0.3 is 0 Å². The number of benzene rings is 1. The summed E-state index contributed by atoms with van der Waals surface area (Å²) in [6.07, 6.45) is 2.73. The zero-order chi connectivity index (χ0) is 14.4. The van der Waals surface area contributed by atoms with Gasteiger partial charge in [0.25, 0.3) is 5.69 Å². The van der Waals surface area contributed by atoms with Crippen LogP contribution in [-0.4, -0.2) is 21.6 Å². The topological polar surface area (TPSA) is 88.3 Å². The van der Waals surface area contributed by atoms with Crippen molar-refractivity contribution >= 4 is 5.69 Å². The predicted molar refractivity (Wildman–Crippen MR) is 74.0 cm³/mol. The lowest BCUT2D eigenvalue weighted by Crippen LogP contribution is -2.21. The smallest absolute Gasteiger partial charge is 0.269 e. The molecule has 0 aliphatic carbocycles. The van der Waals surface area contributed by atoms with Crippen molar-refractivity contribution in [1.82, 2.24) is 10.3 Å². The molecular formula is C14H15N3O3. The Bertz CT molecular complexity index is 558. The molecule has 0 aliphatic rings. The summed E-state index contributed by atoms with van der Waals surface area (Å²) in [7, 11) is 0. The third-order valence-electron chi connectivity index (χ3n) is 2.90. The zero-order valence-corrected chi connectivity index (χ0v) is 10.8. The Morgan fingerprint density at radius 2 is 1.85 bits per heavy atom. The fraction of sp³-hybridized carbons (Fsp3) is 0.214. The molecule has 1 heterocycles. The van der Waals surface area contributed by atoms with Crippen LogP contribution in [0.5, 0.6) is 0 Å². The average Bonchev–Trinajstić information content (AvgIpc) is 2.48. The minimum Gasteiger partial charge on any atom is -0.387 e. The minimum atomic E-state index is -0.697. The zero-order valence-electron chi connectivity index (χ0n) is 10.8. The lowest BCUT2D eigenvalue weighted by molar-refractivity contribution is -0.384. The normalized spacial score (nSPS) is 12.1. The molecule has 104 valence electrons. The number of rotatable bonds is 6. The molecule has 0 radical (unpaired) electrons. The van der Waals surface area contributed by atoms with Crippen LogP contribution in [0.25, 0.3) is 0 Å². The number of nitrogens with one attached hydrogen (secondary N) is 1. The van der Waals surface area contributed by atoms with Gasteiger partial charge in [-0.1, -0.05) is 0 Å². The number of hydrogen-bond donors (Lipinski definition) is 2. The van der Waals surface area contributed by atoms with Crippen molar-refractivity contribution in [1.29, 1.82) is 0 Å². The molecule has 1 aromatic carbocycles. The van der Waals surface area contributed by atoms with Gasteiger partial charge in [-0.3, -0.25) is 15.1 Å². The maximum atomic E-state index is 10.5. The quantitative estimate of drug-likeness (QED) is 0.619. The Morgan fingerprint density at radius 3 is 2.45 bits per heavy atom. The molecule has 0 spiro atoms. The van der Waals surface area contributed by atoms with E-state index in [1.165, 1.54) is 12.1 Å². The SMILES string of the molecule is O=[N+]([O-])c1ccc(C(O)CNCc2ccncc2)cc1. The van der Waals surface area contributed by atoms with Gasteiger partial charge in [-0.25, -0.2) is 0 Å². The van der Waals surface area contributed by atoms with Gasteiger partial charge in [-0.2, -0.15) is 0 Å². The highest BCUT2D eigenvalue weighted by Crippen LogP contribution is 2.17. The first-order valence-electron chi connectivity index (χ1n) is 6.19. The maximum absolute atomic E-state index is 10.5. The van der Waals surface area contributed by atoms with Crippen LogP contribution < -0.4 is 5.32 Å². The molecule has 20 heavy (non-hydrogen) atoms. The predicted octanol–water partition coefficient (Wildman–Crippen LogP) is 1.81. The van der Waals surface area contributed by atoms with Crippen LogP contribution in [-0.2, 0) is 6.54 Å². The van der Waals surface area contributed by atoms with Crippen molar-refractivity contribution in [2.75, 3.05) is 6.54 Å². The summed E-state index contributed by atoms with van der Waals surface area (Å²) in [5.74, 6) is 0. The van der Waals surface area contributed by atoms with E-state index in [4.69, 9.17) is 0 Å². The van der Waals surface area contributed by atoms with Gasteiger partial charge in [0.2, 0.25) is 0 Å². The highest BCUT2D eigenvalue weighted by molar-refractivity contribution is 5.33. The molecule has 6 nitrogen and oxygen atoms in total. The number of nitro benzene ring substituents is 1. The summed E-state index contributed by atoms with van der Waals surface area (Å²) >= 11 is 0. The number of non-ortho nitro benzene ring substituents is 1. The number of hydrogen-bond acceptors (Lipinski definition) is 5. The van der Waals surface area contributed by atoms with Crippen molar-refractivity contribution in [3.05, 3.63) is 70.0 Å². The maximum Gasteiger partial charge on any atom is 0.269 e. The number of nitro groups is 1. The summed E-state index contributed by atoms with van der Waals surface area (Å²) in [5.41, 5.74) is 1.75. The monoisotopic (exact) mass is 273 g/mol. The molecule has 1 atom stereocenters. The summed E-state index contributed by atoms with van der Waals surface area (Å²) in [6, 6.07) is 9.70. The van der Waals surface area contributed by atoms with Crippen LogP contribution in [0.1, 0.15) is 17.2 Å². The molecule has 0 fully saturated rings. The molecule has 0 aliphatic heterocycles. The van der Waals surface area contributed by atoms with Crippen molar-refractivity contribution < 1.29 is 10.0 Å². The van der Waals surface area contributed by atoms with Crippen molar-refractivity contribution in [3.63, 3.8) is 0 Å². The molecule has 1 unspecified atom stereocenters. The molecular weight excluding hydrogens is 258 g/mol. The van der Waals surface area contributed by atoms with E-state index < -0.39 is 11.0 Å². The second kappa shape index (κ2) is 6.74. The summed E-state index contributed by atoms with van der Waals surface area (Å²) < 4.78 is 0. The first-order valence-corrected chi connectivity index (χ1v) is 6.19. The van der Waals surface area contributed by atoms with Crippen LogP contribution in [0.15, 0.2) is 48.8 Å². The second-order valence-corrected chi connectivity index (χ2v) is 4.35. The van der Waals surface area contributed by atoms with Crippen molar-refractivity contribution in [2.24, 2.45) is 0 Å². The first-order chi connectivity index (χ1) is 9.66. The largest absolute Gasteiger partial charge is 0.387 e. The number of nitrogens with zero attached hydrogens (tertiary/aromatic N) is 2. The Labute approximate surface area is 116 Å².